The smallest absolute Gasteiger partial charge is 0.131 e. The largest absolute Gasteiger partial charge is 0.494 e. The number of hydrogen-bond acceptors (Lipinski definition) is 1. The first-order valence-corrected chi connectivity index (χ1v) is 28.7. The Morgan fingerprint density at radius 1 is 0.408 bits per heavy atom. The van der Waals surface area contributed by atoms with Crippen molar-refractivity contribution in [3.8, 4) is 39.1 Å². The topological polar surface area (TPSA) is 9.23 Å². The summed E-state index contributed by atoms with van der Waals surface area (Å²) in [6, 6.07) is 49.4. The number of hydrogen-bond donors (Lipinski definition) is 0. The highest BCUT2D eigenvalue weighted by molar-refractivity contribution is 5.71. The number of aryl methyl sites for hydroxylation is 3. The predicted octanol–water partition coefficient (Wildman–Crippen LogP) is 21.3. The molecule has 0 aliphatic heterocycles. The molecule has 6 aromatic carbocycles. The van der Waals surface area contributed by atoms with Crippen LogP contribution in [0.5, 0.6) is 5.75 Å². The molecule has 380 valence electrons. The molecule has 2 aliphatic carbocycles. The summed E-state index contributed by atoms with van der Waals surface area (Å²) in [4.78, 5) is 0. The lowest BCUT2D eigenvalue weighted by atomic mass is 9.77. The van der Waals surface area contributed by atoms with Gasteiger partial charge < -0.3 is 4.74 Å². The minimum atomic E-state index is -0.152. The molecule has 2 aliphatic rings. The zero-order valence-corrected chi connectivity index (χ0v) is 45.1. The van der Waals surface area contributed by atoms with Crippen molar-refractivity contribution in [1.82, 2.24) is 0 Å². The van der Waals surface area contributed by atoms with Crippen LogP contribution in [0.15, 0.2) is 140 Å². The normalized spacial score (nSPS) is 17.6. The third-order valence-corrected chi connectivity index (χ3v) is 15.7. The Hall–Kier alpha value is -4.95. The van der Waals surface area contributed by atoms with Crippen molar-refractivity contribution in [3.05, 3.63) is 173 Å². The van der Waals surface area contributed by atoms with Crippen LogP contribution in [0.2, 0.25) is 0 Å². The van der Waals surface area contributed by atoms with Crippen molar-refractivity contribution in [2.75, 3.05) is 6.61 Å². The van der Waals surface area contributed by atoms with Crippen molar-refractivity contribution >= 4 is 0 Å². The second-order valence-electron chi connectivity index (χ2n) is 21.2. The summed E-state index contributed by atoms with van der Waals surface area (Å²) < 4.78 is 20.5. The maximum atomic E-state index is 15.0. The van der Waals surface area contributed by atoms with Gasteiger partial charge in [0.15, 0.2) is 0 Å². The molecule has 0 N–H and O–H groups in total. The highest BCUT2D eigenvalue weighted by Crippen LogP contribution is 2.40. The highest BCUT2D eigenvalue weighted by atomic mass is 19.1. The molecule has 0 aromatic heterocycles. The summed E-state index contributed by atoms with van der Waals surface area (Å²) >= 11 is 0. The lowest BCUT2D eigenvalue weighted by Crippen LogP contribution is -2.13. The standard InChI is InChI=1S/C32H39F.C19H30O.C18H22/c1-3-5-6-8-25-9-13-26(14-10-25)27-17-19-28(20-18-27)30-21-22-31(32(33)23-30)29-15-11-24(7-4-2)12-16-29;1-3-5-6-7-16-8-10-17(11-9-16)18-12-14-19(15-13-18)20-4-2;1-3-4-5-6-16-9-13-18(14-10-16)17-11-7-15(2)8-12-17/h11-12,15-23,25-26H,3-10,13-14H2,1-2H3;12-17H,3-11H2,1-2H3;7-14H,3-6H2,1-2H3. The van der Waals surface area contributed by atoms with E-state index < -0.39 is 0 Å². The predicted molar refractivity (Wildman–Crippen MR) is 306 cm³/mol. The third kappa shape index (κ3) is 18.2. The van der Waals surface area contributed by atoms with E-state index in [4.69, 9.17) is 4.74 Å². The molecule has 71 heavy (non-hydrogen) atoms. The van der Waals surface area contributed by atoms with E-state index >= 15 is 0 Å². The van der Waals surface area contributed by atoms with Gasteiger partial charge in [-0.05, 0) is 176 Å². The van der Waals surface area contributed by atoms with E-state index in [1.165, 1.54) is 167 Å². The molecule has 0 amide bonds. The van der Waals surface area contributed by atoms with Gasteiger partial charge in [0.25, 0.3) is 0 Å². The van der Waals surface area contributed by atoms with Gasteiger partial charge in [-0.3, -0.25) is 0 Å². The second kappa shape index (κ2) is 30.8. The molecule has 0 atom stereocenters. The van der Waals surface area contributed by atoms with Crippen molar-refractivity contribution in [1.29, 1.82) is 0 Å². The molecule has 6 aromatic rings. The second-order valence-corrected chi connectivity index (χ2v) is 21.2. The Balaban J connectivity index is 0.000000186. The number of benzene rings is 6. The van der Waals surface area contributed by atoms with Gasteiger partial charge in [0.1, 0.15) is 11.6 Å². The lowest BCUT2D eigenvalue weighted by Gasteiger charge is -2.29. The van der Waals surface area contributed by atoms with Crippen LogP contribution in [-0.4, -0.2) is 6.61 Å². The van der Waals surface area contributed by atoms with Crippen molar-refractivity contribution in [2.24, 2.45) is 11.8 Å². The zero-order chi connectivity index (χ0) is 50.0. The van der Waals surface area contributed by atoms with Crippen LogP contribution in [-0.2, 0) is 12.8 Å². The van der Waals surface area contributed by atoms with Crippen LogP contribution in [0.25, 0.3) is 33.4 Å². The summed E-state index contributed by atoms with van der Waals surface area (Å²) in [6.45, 7) is 13.9. The van der Waals surface area contributed by atoms with Crippen LogP contribution in [0.1, 0.15) is 203 Å². The molecule has 0 unspecified atom stereocenters. The van der Waals surface area contributed by atoms with Crippen molar-refractivity contribution in [2.45, 2.75) is 195 Å². The number of unbranched alkanes of at least 4 members (excludes halogenated alkanes) is 6. The molecule has 8 rings (SSSR count). The van der Waals surface area contributed by atoms with Crippen LogP contribution < -0.4 is 4.74 Å². The van der Waals surface area contributed by atoms with Crippen LogP contribution in [0.4, 0.5) is 4.39 Å². The summed E-state index contributed by atoms with van der Waals surface area (Å²) in [5.74, 6) is 4.27. The van der Waals surface area contributed by atoms with Crippen LogP contribution in [0.3, 0.4) is 0 Å². The van der Waals surface area contributed by atoms with Gasteiger partial charge in [-0.1, -0.05) is 225 Å². The van der Waals surface area contributed by atoms with Gasteiger partial charge in [0, 0.05) is 5.56 Å². The molecule has 0 bridgehead atoms. The third-order valence-electron chi connectivity index (χ3n) is 15.7. The first kappa shape index (κ1) is 55.4. The Kier molecular flexibility index (Phi) is 24.0. The fraction of sp³-hybridized carbons (Fsp3) is 0.478. The van der Waals surface area contributed by atoms with Gasteiger partial charge in [-0.15, -0.1) is 0 Å². The van der Waals surface area contributed by atoms with Gasteiger partial charge in [-0.25, -0.2) is 4.39 Å². The Morgan fingerprint density at radius 3 is 1.31 bits per heavy atom. The molecule has 1 nitrogen and oxygen atoms in total. The van der Waals surface area contributed by atoms with Crippen molar-refractivity contribution in [3.63, 3.8) is 0 Å². The maximum absolute atomic E-state index is 15.0. The average Bonchev–Trinajstić information content (AvgIpc) is 3.41. The van der Waals surface area contributed by atoms with Crippen LogP contribution in [0, 0.1) is 24.6 Å². The van der Waals surface area contributed by atoms with Gasteiger partial charge in [0.2, 0.25) is 0 Å². The van der Waals surface area contributed by atoms with E-state index in [-0.39, 0.29) is 5.82 Å². The molecule has 2 saturated carbocycles. The van der Waals surface area contributed by atoms with E-state index in [0.29, 0.717) is 11.5 Å². The summed E-state index contributed by atoms with van der Waals surface area (Å²) in [5.41, 5.74) is 13.3. The monoisotopic (exact) mass is 955 g/mol. The molecule has 2 heteroatoms. The van der Waals surface area contributed by atoms with Crippen LogP contribution >= 0.6 is 0 Å². The van der Waals surface area contributed by atoms with Gasteiger partial charge in [0.05, 0.1) is 6.61 Å². The fourth-order valence-electron chi connectivity index (χ4n) is 11.1. The first-order chi connectivity index (χ1) is 34.8. The minimum Gasteiger partial charge on any atom is -0.494 e. The van der Waals surface area contributed by atoms with E-state index in [1.54, 1.807) is 6.07 Å². The van der Waals surface area contributed by atoms with E-state index in [9.17, 15) is 4.39 Å². The molecule has 2 fully saturated rings. The SMILES string of the molecule is CCCCCC1CCC(c2ccc(-c3ccc(-c4ccc(CCC)cc4)c(F)c3)cc2)CC1.CCCCCC1CCC(c2ccc(OCC)cc2)CC1.CCCCCc1ccc(-c2ccc(C)cc2)cc1. The number of rotatable bonds is 21. The number of halogens is 1. The average molecular weight is 955 g/mol. The Bertz CT molecular complexity index is 2320. The summed E-state index contributed by atoms with van der Waals surface area (Å²) in [6.07, 6.45) is 29.5. The quantitative estimate of drug-likeness (QED) is 0.0653. The maximum Gasteiger partial charge on any atom is 0.131 e. The first-order valence-electron chi connectivity index (χ1n) is 28.7. The minimum absolute atomic E-state index is 0.152. The summed E-state index contributed by atoms with van der Waals surface area (Å²) in [7, 11) is 0. The highest BCUT2D eigenvalue weighted by Gasteiger charge is 2.23. The van der Waals surface area contributed by atoms with E-state index in [1.807, 2.05) is 25.1 Å². The number of ether oxygens (including phenoxy) is 1. The zero-order valence-electron chi connectivity index (χ0n) is 45.1. The van der Waals surface area contributed by atoms with E-state index in [0.717, 1.165) is 59.6 Å². The molecule has 0 radical (unpaired) electrons. The summed E-state index contributed by atoms with van der Waals surface area (Å²) in [5, 5.41) is 0. The lowest BCUT2D eigenvalue weighted by molar-refractivity contribution is 0.302. The van der Waals surface area contributed by atoms with Crippen molar-refractivity contribution < 1.29 is 9.13 Å². The molecular weight excluding hydrogens is 864 g/mol. The van der Waals surface area contributed by atoms with Gasteiger partial charge in [-0.2, -0.15) is 0 Å². The Labute approximate surface area is 432 Å². The molecule has 0 saturated heterocycles. The molecule has 0 heterocycles. The fourth-order valence-corrected chi connectivity index (χ4v) is 11.1. The molecular formula is C69H91FO. The van der Waals surface area contributed by atoms with Gasteiger partial charge >= 0.3 is 0 Å². The Morgan fingerprint density at radius 2 is 0.831 bits per heavy atom. The molecule has 0 spiro atoms. The van der Waals surface area contributed by atoms with E-state index in [2.05, 4.69) is 150 Å².